The summed E-state index contributed by atoms with van der Waals surface area (Å²) in [6, 6.07) is 32.3. The van der Waals surface area contributed by atoms with E-state index in [1.165, 1.54) is 19.5 Å². The van der Waals surface area contributed by atoms with Crippen LogP contribution in [0.25, 0.3) is 0 Å². The fourth-order valence-electron chi connectivity index (χ4n) is 4.21. The molecule has 0 aromatic heterocycles. The van der Waals surface area contributed by atoms with Crippen LogP contribution in [0.5, 0.6) is 0 Å². The molecule has 28 heavy (non-hydrogen) atoms. The third-order valence-electron chi connectivity index (χ3n) is 5.67. The molecule has 0 aliphatic carbocycles. The molecule has 0 spiro atoms. The van der Waals surface area contributed by atoms with Crippen molar-refractivity contribution in [1.82, 2.24) is 4.90 Å². The Balaban J connectivity index is 1.87. The summed E-state index contributed by atoms with van der Waals surface area (Å²) in [6.45, 7) is 1.82. The van der Waals surface area contributed by atoms with Crippen molar-refractivity contribution in [2.24, 2.45) is 0 Å². The molecule has 1 saturated heterocycles. The zero-order chi connectivity index (χ0) is 19.2. The second kappa shape index (κ2) is 8.80. The molecule has 0 unspecified atom stereocenters. The summed E-state index contributed by atoms with van der Waals surface area (Å²) in [7, 11) is 0. The van der Waals surface area contributed by atoms with Crippen molar-refractivity contribution in [2.45, 2.75) is 24.5 Å². The van der Waals surface area contributed by atoms with Gasteiger partial charge >= 0.3 is 171 Å². The number of rotatable bonds is 5. The first-order chi connectivity index (χ1) is 13.8. The molecular formula is C25H27AsNO+. The number of likely N-dealkylation sites (tertiary alicyclic amines) is 1. The monoisotopic (exact) mass is 432 g/mol. The van der Waals surface area contributed by atoms with E-state index in [1.54, 1.807) is 0 Å². The van der Waals surface area contributed by atoms with E-state index in [2.05, 4.69) is 95.9 Å². The van der Waals surface area contributed by atoms with Gasteiger partial charge in [-0.25, -0.2) is 0 Å². The normalized spacial score (nSPS) is 14.6. The molecule has 142 valence electrons. The molecule has 3 aromatic carbocycles. The van der Waals surface area contributed by atoms with Gasteiger partial charge in [0, 0.05) is 0 Å². The number of amides is 1. The molecule has 1 aliphatic rings. The first kappa shape index (κ1) is 19.0. The number of benzene rings is 3. The number of carbonyl (C=O) groups is 1. The van der Waals surface area contributed by atoms with Crippen molar-refractivity contribution >= 4 is 32.5 Å². The maximum absolute atomic E-state index is 13.5. The van der Waals surface area contributed by atoms with Crippen molar-refractivity contribution in [3.8, 4) is 0 Å². The fourth-order valence-corrected chi connectivity index (χ4v) is 12.8. The number of piperidine rings is 1. The van der Waals surface area contributed by atoms with E-state index in [-0.39, 0.29) is 0 Å². The molecule has 2 nitrogen and oxygen atoms in total. The fraction of sp³-hybridized carbons (Fsp3) is 0.240. The number of carbonyl (C=O) groups excluding carboxylic acids is 1. The van der Waals surface area contributed by atoms with Gasteiger partial charge in [-0.05, 0) is 0 Å². The van der Waals surface area contributed by atoms with Gasteiger partial charge in [0.25, 0.3) is 0 Å². The van der Waals surface area contributed by atoms with Gasteiger partial charge in [0.1, 0.15) is 0 Å². The standard InChI is InChI=1S/C25H27AsNO/c28-25(27-19-11-4-12-20-27)21-26(22-13-5-1-6-14-22,23-15-7-2-8-16-23)24-17-9-3-10-18-24/h1-3,5-10,13-18H,4,11-12,19-21H2/q+1. The van der Waals surface area contributed by atoms with Crippen LogP contribution < -0.4 is 13.1 Å². The molecular weight excluding hydrogens is 405 g/mol. The SMILES string of the molecule is O=C(C[As+](c1ccccc1)(c1ccccc1)c1ccccc1)N1CCCCC1. The number of nitrogens with zero attached hydrogens (tertiary/aromatic N) is 1. The summed E-state index contributed by atoms with van der Waals surface area (Å²) in [5, 5.41) is 0.621. The van der Waals surface area contributed by atoms with Crippen LogP contribution >= 0.6 is 0 Å². The van der Waals surface area contributed by atoms with E-state index in [0.717, 1.165) is 25.9 Å². The van der Waals surface area contributed by atoms with Crippen LogP contribution in [0.3, 0.4) is 0 Å². The predicted octanol–water partition coefficient (Wildman–Crippen LogP) is 3.17. The Labute approximate surface area is 170 Å². The Bertz CT molecular complexity index is 793. The van der Waals surface area contributed by atoms with E-state index in [0.29, 0.717) is 11.1 Å². The van der Waals surface area contributed by atoms with Crippen LogP contribution in [0, 0.1) is 0 Å². The van der Waals surface area contributed by atoms with Crippen LogP contribution in [-0.2, 0) is 4.79 Å². The first-order valence-electron chi connectivity index (χ1n) is 10.1. The Morgan fingerprint density at radius 1 is 0.643 bits per heavy atom. The summed E-state index contributed by atoms with van der Waals surface area (Å²) < 4.78 is 4.01. The second-order valence-electron chi connectivity index (χ2n) is 7.42. The zero-order valence-corrected chi connectivity index (χ0v) is 18.1. The maximum atomic E-state index is 13.5. The van der Waals surface area contributed by atoms with Crippen molar-refractivity contribution in [3.63, 3.8) is 0 Å². The van der Waals surface area contributed by atoms with Gasteiger partial charge < -0.3 is 0 Å². The Kier molecular flexibility index (Phi) is 5.98. The van der Waals surface area contributed by atoms with Crippen LogP contribution in [0.1, 0.15) is 19.3 Å². The summed E-state index contributed by atoms with van der Waals surface area (Å²) in [5.74, 6) is 0.323. The third kappa shape index (κ3) is 3.79. The van der Waals surface area contributed by atoms with Crippen LogP contribution in [0.2, 0.25) is 5.21 Å². The van der Waals surface area contributed by atoms with Gasteiger partial charge in [-0.1, -0.05) is 0 Å². The minimum absolute atomic E-state index is 0.323. The summed E-state index contributed by atoms with van der Waals surface area (Å²) in [5.41, 5.74) is 0. The second-order valence-corrected chi connectivity index (χ2v) is 14.7. The molecule has 0 radical (unpaired) electrons. The molecule has 0 saturated carbocycles. The van der Waals surface area contributed by atoms with Crippen LogP contribution in [0.4, 0.5) is 0 Å². The molecule has 1 amide bonds. The molecule has 1 heterocycles. The van der Waals surface area contributed by atoms with Gasteiger partial charge in [-0.2, -0.15) is 0 Å². The van der Waals surface area contributed by atoms with Gasteiger partial charge in [0.05, 0.1) is 0 Å². The first-order valence-corrected chi connectivity index (χ1v) is 14.3. The third-order valence-corrected chi connectivity index (χ3v) is 14.7. The van der Waals surface area contributed by atoms with E-state index >= 15 is 0 Å². The topological polar surface area (TPSA) is 20.3 Å². The average molecular weight is 432 g/mol. The molecule has 1 aliphatic heterocycles. The minimum atomic E-state index is -2.93. The van der Waals surface area contributed by atoms with Gasteiger partial charge in [0.2, 0.25) is 0 Å². The van der Waals surface area contributed by atoms with Crippen molar-refractivity contribution in [3.05, 3.63) is 91.0 Å². The van der Waals surface area contributed by atoms with Crippen LogP contribution in [-0.4, -0.2) is 37.4 Å². The molecule has 0 bridgehead atoms. The molecule has 3 aromatic rings. The van der Waals surface area contributed by atoms with E-state index in [4.69, 9.17) is 0 Å². The summed E-state index contributed by atoms with van der Waals surface area (Å²) in [4.78, 5) is 15.6. The van der Waals surface area contributed by atoms with Crippen molar-refractivity contribution < 1.29 is 4.79 Å². The zero-order valence-electron chi connectivity index (χ0n) is 16.2. The van der Waals surface area contributed by atoms with Gasteiger partial charge in [-0.15, -0.1) is 0 Å². The van der Waals surface area contributed by atoms with E-state index in [1.807, 2.05) is 0 Å². The Morgan fingerprint density at radius 2 is 1.04 bits per heavy atom. The Hall–Kier alpha value is -2.31. The van der Waals surface area contributed by atoms with Gasteiger partial charge in [-0.3, -0.25) is 0 Å². The molecule has 3 heteroatoms. The summed E-state index contributed by atoms with van der Waals surface area (Å²) >= 11 is -2.93. The van der Waals surface area contributed by atoms with E-state index < -0.39 is 13.6 Å². The van der Waals surface area contributed by atoms with Crippen LogP contribution in [0.15, 0.2) is 91.0 Å². The Morgan fingerprint density at radius 3 is 1.43 bits per heavy atom. The molecule has 0 atom stereocenters. The number of hydrogen-bond donors (Lipinski definition) is 0. The average Bonchev–Trinajstić information content (AvgIpc) is 2.80. The molecule has 4 rings (SSSR count). The molecule has 1 fully saturated rings. The summed E-state index contributed by atoms with van der Waals surface area (Å²) in [6.07, 6.45) is 3.50. The predicted molar refractivity (Wildman–Crippen MR) is 119 cm³/mol. The van der Waals surface area contributed by atoms with E-state index in [9.17, 15) is 4.79 Å². The molecule has 0 N–H and O–H groups in total. The van der Waals surface area contributed by atoms with Crippen molar-refractivity contribution in [2.75, 3.05) is 13.1 Å². The quantitative estimate of drug-likeness (QED) is 0.568. The van der Waals surface area contributed by atoms with Gasteiger partial charge in [0.15, 0.2) is 0 Å². The van der Waals surface area contributed by atoms with Crippen molar-refractivity contribution in [1.29, 1.82) is 0 Å². The number of hydrogen-bond acceptors (Lipinski definition) is 1.